The van der Waals surface area contributed by atoms with Crippen molar-refractivity contribution >= 4 is 21.4 Å². The Morgan fingerprint density at radius 3 is 2.67 bits per heavy atom. The van der Waals surface area contributed by atoms with Crippen molar-refractivity contribution in [2.24, 2.45) is 5.92 Å². The van der Waals surface area contributed by atoms with Crippen LogP contribution >= 0.6 is 0 Å². The number of likely N-dealkylation sites (N-methyl/N-ethyl adjacent to an activating group) is 1. The van der Waals surface area contributed by atoms with Crippen LogP contribution in [0.5, 0.6) is 0 Å². The minimum atomic E-state index is -3.71. The number of piperidine rings is 1. The highest BCUT2D eigenvalue weighted by molar-refractivity contribution is 7.89. The summed E-state index contributed by atoms with van der Waals surface area (Å²) in [6.45, 7) is 6.39. The second-order valence-corrected chi connectivity index (χ2v) is 9.75. The molecule has 150 valence electrons. The minimum absolute atomic E-state index is 0.0182. The van der Waals surface area contributed by atoms with Crippen LogP contribution in [-0.4, -0.2) is 64.0 Å². The van der Waals surface area contributed by atoms with E-state index in [9.17, 15) is 18.5 Å². The second-order valence-electron chi connectivity index (χ2n) is 7.82. The molecule has 1 aromatic carbocycles. The summed E-state index contributed by atoms with van der Waals surface area (Å²) < 4.78 is 27.4. The first kappa shape index (κ1) is 20.0. The summed E-state index contributed by atoms with van der Waals surface area (Å²) in [7, 11) is -1.59. The van der Waals surface area contributed by atoms with E-state index >= 15 is 0 Å². The Morgan fingerprint density at radius 1 is 1.19 bits per heavy atom. The van der Waals surface area contributed by atoms with E-state index in [1.54, 1.807) is 6.07 Å². The molecule has 0 radical (unpaired) electrons. The third kappa shape index (κ3) is 4.41. The van der Waals surface area contributed by atoms with Crippen LogP contribution in [0.15, 0.2) is 23.1 Å². The first-order valence-corrected chi connectivity index (χ1v) is 11.1. The fraction of sp³-hybridized carbons (Fsp3) is 0.667. The van der Waals surface area contributed by atoms with Crippen molar-refractivity contribution < 1.29 is 18.2 Å². The lowest BCUT2D eigenvalue weighted by Crippen LogP contribution is -3.09. The van der Waals surface area contributed by atoms with Crippen LogP contribution in [0, 0.1) is 16.0 Å². The monoisotopic (exact) mass is 397 g/mol. The fourth-order valence-electron chi connectivity index (χ4n) is 3.97. The number of hydrogen-bond acceptors (Lipinski definition) is 5. The van der Waals surface area contributed by atoms with Gasteiger partial charge in [-0.2, -0.15) is 4.31 Å². The number of nitrogens with one attached hydrogen (secondary N) is 1. The molecule has 0 bridgehead atoms. The summed E-state index contributed by atoms with van der Waals surface area (Å²) in [5.74, 6) is 0.305. The van der Waals surface area contributed by atoms with Crippen molar-refractivity contribution in [3.8, 4) is 0 Å². The van der Waals surface area contributed by atoms with Crippen LogP contribution in [0.2, 0.25) is 0 Å². The van der Waals surface area contributed by atoms with Gasteiger partial charge in [-0.25, -0.2) is 8.42 Å². The van der Waals surface area contributed by atoms with E-state index in [4.69, 9.17) is 0 Å². The van der Waals surface area contributed by atoms with Crippen LogP contribution in [0.25, 0.3) is 0 Å². The number of quaternary nitrogens is 1. The number of nitrogens with zero attached hydrogens (tertiary/aromatic N) is 3. The molecule has 1 aromatic rings. The molecule has 0 aromatic heterocycles. The fourth-order valence-corrected chi connectivity index (χ4v) is 5.59. The third-order valence-electron chi connectivity index (χ3n) is 5.58. The third-order valence-corrected chi connectivity index (χ3v) is 7.44. The second kappa shape index (κ2) is 8.12. The van der Waals surface area contributed by atoms with Gasteiger partial charge in [0, 0.05) is 32.1 Å². The van der Waals surface area contributed by atoms with E-state index in [-0.39, 0.29) is 10.6 Å². The SMILES string of the molecule is C[C@H]1CCCN(S(=O)(=O)c2ccc(N3CCC[NH+](C)CC3)c([N+](=O)[O-])c2)C1. The molecule has 0 aliphatic carbocycles. The van der Waals surface area contributed by atoms with E-state index in [0.29, 0.717) is 24.7 Å². The first-order chi connectivity index (χ1) is 12.8. The Hall–Kier alpha value is -1.71. The Kier molecular flexibility index (Phi) is 6.02. The Morgan fingerprint density at radius 2 is 1.96 bits per heavy atom. The van der Waals surface area contributed by atoms with Crippen LogP contribution in [0.3, 0.4) is 0 Å². The molecule has 1 N–H and O–H groups in total. The lowest BCUT2D eigenvalue weighted by atomic mass is 10.0. The molecule has 1 unspecified atom stereocenters. The van der Waals surface area contributed by atoms with Gasteiger partial charge in [-0.05, 0) is 30.9 Å². The summed E-state index contributed by atoms with van der Waals surface area (Å²) >= 11 is 0. The number of anilines is 1. The molecule has 2 fully saturated rings. The molecule has 3 rings (SSSR count). The van der Waals surface area contributed by atoms with Crippen LogP contribution in [0.4, 0.5) is 11.4 Å². The standard InChI is InChI=1S/C18H28N4O4S/c1-15-5-3-10-21(14-15)27(25,26)16-6-7-17(18(13-16)22(23)24)20-9-4-8-19(2)11-12-20/h6-7,13,15H,3-5,8-12,14H2,1-2H3/p+1/t15-/m0/s1. The van der Waals surface area contributed by atoms with Gasteiger partial charge >= 0.3 is 0 Å². The zero-order valence-electron chi connectivity index (χ0n) is 16.1. The van der Waals surface area contributed by atoms with Crippen molar-refractivity contribution in [3.63, 3.8) is 0 Å². The van der Waals surface area contributed by atoms with Gasteiger partial charge in [0.1, 0.15) is 5.69 Å². The highest BCUT2D eigenvalue weighted by Crippen LogP contribution is 2.33. The van der Waals surface area contributed by atoms with E-state index in [1.165, 1.54) is 21.3 Å². The average Bonchev–Trinajstić information content (AvgIpc) is 2.85. The van der Waals surface area contributed by atoms with E-state index in [2.05, 4.69) is 7.05 Å². The smallest absolute Gasteiger partial charge is 0.293 e. The van der Waals surface area contributed by atoms with Gasteiger partial charge < -0.3 is 9.80 Å². The van der Waals surface area contributed by atoms with Crippen molar-refractivity contribution in [2.45, 2.75) is 31.1 Å². The average molecular weight is 398 g/mol. The number of nitro benzene ring substituents is 1. The van der Waals surface area contributed by atoms with Gasteiger partial charge in [-0.15, -0.1) is 0 Å². The molecule has 2 aliphatic rings. The van der Waals surface area contributed by atoms with E-state index in [1.807, 2.05) is 11.8 Å². The van der Waals surface area contributed by atoms with Crippen LogP contribution in [-0.2, 0) is 10.0 Å². The van der Waals surface area contributed by atoms with Gasteiger partial charge in [0.15, 0.2) is 0 Å². The number of benzene rings is 1. The number of hydrogen-bond donors (Lipinski definition) is 1. The molecule has 2 saturated heterocycles. The number of rotatable bonds is 4. The Bertz CT molecular complexity index is 799. The molecule has 0 amide bonds. The lowest BCUT2D eigenvalue weighted by molar-refractivity contribution is -0.876. The lowest BCUT2D eigenvalue weighted by Gasteiger charge is -2.30. The quantitative estimate of drug-likeness (QED) is 0.598. The number of sulfonamides is 1. The van der Waals surface area contributed by atoms with Gasteiger partial charge in [0.2, 0.25) is 10.0 Å². The van der Waals surface area contributed by atoms with Crippen LogP contribution in [0.1, 0.15) is 26.2 Å². The zero-order valence-corrected chi connectivity index (χ0v) is 16.9. The highest BCUT2D eigenvalue weighted by atomic mass is 32.2. The van der Waals surface area contributed by atoms with Gasteiger partial charge in [-0.1, -0.05) is 6.92 Å². The molecule has 8 nitrogen and oxygen atoms in total. The molecule has 2 heterocycles. The molecular formula is C18H29N4O4S+. The molecule has 0 saturated carbocycles. The maximum absolute atomic E-state index is 13.0. The van der Waals surface area contributed by atoms with E-state index in [0.717, 1.165) is 45.4 Å². The summed E-state index contributed by atoms with van der Waals surface area (Å²) in [5.41, 5.74) is 0.390. The van der Waals surface area contributed by atoms with Gasteiger partial charge in [0.25, 0.3) is 5.69 Å². The summed E-state index contributed by atoms with van der Waals surface area (Å²) in [6, 6.07) is 4.38. The van der Waals surface area contributed by atoms with Crippen molar-refractivity contribution in [2.75, 3.05) is 51.2 Å². The molecule has 2 atom stereocenters. The maximum Gasteiger partial charge on any atom is 0.293 e. The van der Waals surface area contributed by atoms with Crippen molar-refractivity contribution in [1.82, 2.24) is 4.31 Å². The summed E-state index contributed by atoms with van der Waals surface area (Å²) in [6.07, 6.45) is 2.79. The molecule has 9 heteroatoms. The van der Waals surface area contributed by atoms with Crippen molar-refractivity contribution in [3.05, 3.63) is 28.3 Å². The first-order valence-electron chi connectivity index (χ1n) is 9.64. The van der Waals surface area contributed by atoms with Crippen molar-refractivity contribution in [1.29, 1.82) is 0 Å². The van der Waals surface area contributed by atoms with Gasteiger partial charge in [-0.3, -0.25) is 10.1 Å². The normalized spacial score (nSPS) is 25.2. The predicted octanol–water partition coefficient (Wildman–Crippen LogP) is 0.740. The van der Waals surface area contributed by atoms with Crippen LogP contribution < -0.4 is 9.80 Å². The molecule has 0 spiro atoms. The highest BCUT2D eigenvalue weighted by Gasteiger charge is 2.31. The predicted molar refractivity (Wildman–Crippen MR) is 104 cm³/mol. The number of nitro groups is 1. The zero-order chi connectivity index (χ0) is 19.6. The van der Waals surface area contributed by atoms with E-state index < -0.39 is 14.9 Å². The summed E-state index contributed by atoms with van der Waals surface area (Å²) in [4.78, 5) is 14.7. The molecular weight excluding hydrogens is 368 g/mol. The Balaban J connectivity index is 1.92. The van der Waals surface area contributed by atoms with Gasteiger partial charge in [0.05, 0.1) is 36.5 Å². The summed E-state index contributed by atoms with van der Waals surface area (Å²) in [5, 5.41) is 11.7. The maximum atomic E-state index is 13.0. The Labute approximate surface area is 160 Å². The molecule has 27 heavy (non-hydrogen) atoms. The molecule has 2 aliphatic heterocycles. The topological polar surface area (TPSA) is 88.2 Å². The minimum Gasteiger partial charge on any atom is -0.360 e. The largest absolute Gasteiger partial charge is 0.360 e.